The van der Waals surface area contributed by atoms with Crippen LogP contribution in [0.2, 0.25) is 15.1 Å². The van der Waals surface area contributed by atoms with Crippen molar-refractivity contribution in [1.29, 1.82) is 0 Å². The van der Waals surface area contributed by atoms with Crippen LogP contribution < -0.4 is 0 Å². The second-order valence-corrected chi connectivity index (χ2v) is 5.97. The zero-order valence-corrected chi connectivity index (χ0v) is 12.0. The Kier molecular flexibility index (Phi) is 4.10. The van der Waals surface area contributed by atoms with Gasteiger partial charge in [0.2, 0.25) is 0 Å². The van der Waals surface area contributed by atoms with E-state index >= 15 is 0 Å². The van der Waals surface area contributed by atoms with Crippen molar-refractivity contribution in [2.75, 3.05) is 0 Å². The van der Waals surface area contributed by atoms with E-state index in [1.807, 2.05) is 19.1 Å². The molecule has 1 nitrogen and oxygen atoms in total. The minimum absolute atomic E-state index is 0.433. The third-order valence-corrected chi connectivity index (χ3v) is 4.04. The molecule has 0 aliphatic heterocycles. The first-order valence-corrected chi connectivity index (χ1v) is 6.76. The van der Waals surface area contributed by atoms with Gasteiger partial charge < -0.3 is 0 Å². The van der Waals surface area contributed by atoms with E-state index in [1.165, 1.54) is 4.88 Å². The van der Waals surface area contributed by atoms with Gasteiger partial charge in [-0.25, -0.2) is 0 Å². The Morgan fingerprint density at radius 1 is 1.06 bits per heavy atom. The van der Waals surface area contributed by atoms with Gasteiger partial charge in [0, 0.05) is 16.0 Å². The molecule has 17 heavy (non-hydrogen) atoms. The van der Waals surface area contributed by atoms with Gasteiger partial charge in [0.25, 0.3) is 0 Å². The first-order chi connectivity index (χ1) is 8.06. The van der Waals surface area contributed by atoms with Crippen molar-refractivity contribution in [2.24, 2.45) is 4.99 Å². The molecule has 2 aromatic rings. The second kappa shape index (κ2) is 5.40. The minimum Gasteiger partial charge on any atom is -0.254 e. The van der Waals surface area contributed by atoms with Gasteiger partial charge in [-0.3, -0.25) is 4.99 Å². The summed E-state index contributed by atoms with van der Waals surface area (Å²) in [6.07, 6.45) is 1.77. The lowest BCUT2D eigenvalue weighted by Gasteiger charge is -2.00. The summed E-state index contributed by atoms with van der Waals surface area (Å²) < 4.78 is 0. The highest BCUT2D eigenvalue weighted by atomic mass is 35.5. The van der Waals surface area contributed by atoms with Gasteiger partial charge in [-0.2, -0.15) is 0 Å². The van der Waals surface area contributed by atoms with Crippen molar-refractivity contribution in [3.63, 3.8) is 0 Å². The summed E-state index contributed by atoms with van der Waals surface area (Å²) in [6, 6.07) is 7.30. The number of aryl methyl sites for hydroxylation is 1. The molecule has 0 spiro atoms. The van der Waals surface area contributed by atoms with E-state index < -0.39 is 0 Å². The summed E-state index contributed by atoms with van der Waals surface area (Å²) in [4.78, 5) is 6.62. The van der Waals surface area contributed by atoms with Crippen LogP contribution in [0, 0.1) is 6.92 Å². The van der Waals surface area contributed by atoms with E-state index in [0.29, 0.717) is 20.8 Å². The average Bonchev–Trinajstić information content (AvgIpc) is 2.68. The van der Waals surface area contributed by atoms with Gasteiger partial charge in [0.15, 0.2) is 0 Å². The van der Waals surface area contributed by atoms with E-state index in [0.717, 1.165) is 4.88 Å². The predicted octanol–water partition coefficient (Wildman–Crippen LogP) is 5.77. The highest BCUT2D eigenvalue weighted by Gasteiger charge is 2.04. The number of hydrogen-bond acceptors (Lipinski definition) is 2. The van der Waals surface area contributed by atoms with Gasteiger partial charge in [-0.15, -0.1) is 11.3 Å². The van der Waals surface area contributed by atoms with Crippen LogP contribution in [-0.4, -0.2) is 6.21 Å². The zero-order chi connectivity index (χ0) is 12.4. The second-order valence-electron chi connectivity index (χ2n) is 3.42. The van der Waals surface area contributed by atoms with Crippen molar-refractivity contribution in [2.45, 2.75) is 6.92 Å². The number of aliphatic imine (C=N–C) groups is 1. The Hall–Kier alpha value is -0.540. The van der Waals surface area contributed by atoms with Crippen LogP contribution in [0.4, 0.5) is 5.69 Å². The van der Waals surface area contributed by atoms with Crippen LogP contribution in [-0.2, 0) is 0 Å². The fraction of sp³-hybridized carbons (Fsp3) is 0.0833. The predicted molar refractivity (Wildman–Crippen MR) is 77.8 cm³/mol. The lowest BCUT2D eigenvalue weighted by Crippen LogP contribution is -1.75. The van der Waals surface area contributed by atoms with Crippen LogP contribution in [0.1, 0.15) is 9.75 Å². The summed E-state index contributed by atoms with van der Waals surface area (Å²) >= 11 is 19.4. The maximum atomic E-state index is 6.02. The summed E-state index contributed by atoms with van der Waals surface area (Å²) in [5.41, 5.74) is 0.618. The lowest BCUT2D eigenvalue weighted by molar-refractivity contribution is 1.53. The highest BCUT2D eigenvalue weighted by molar-refractivity contribution is 7.13. The van der Waals surface area contributed by atoms with E-state index in [-0.39, 0.29) is 0 Å². The smallest absolute Gasteiger partial charge is 0.0832 e. The highest BCUT2D eigenvalue weighted by Crippen LogP contribution is 2.34. The minimum atomic E-state index is 0.433. The largest absolute Gasteiger partial charge is 0.254 e. The van der Waals surface area contributed by atoms with Crippen LogP contribution in [0.25, 0.3) is 0 Å². The van der Waals surface area contributed by atoms with Crippen molar-refractivity contribution in [3.05, 3.63) is 49.1 Å². The van der Waals surface area contributed by atoms with E-state index in [4.69, 9.17) is 34.8 Å². The van der Waals surface area contributed by atoms with Gasteiger partial charge in [-0.05, 0) is 31.2 Å². The van der Waals surface area contributed by atoms with Crippen LogP contribution in [0.3, 0.4) is 0 Å². The SMILES string of the molecule is Cc1ccc(C=Nc2cc(Cl)c(Cl)cc2Cl)s1. The molecule has 1 heterocycles. The van der Waals surface area contributed by atoms with Gasteiger partial charge >= 0.3 is 0 Å². The Labute approximate surface area is 119 Å². The van der Waals surface area contributed by atoms with E-state index in [1.54, 1.807) is 29.7 Å². The molecule has 0 bridgehead atoms. The number of hydrogen-bond donors (Lipinski definition) is 0. The molecular formula is C12H8Cl3NS. The third kappa shape index (κ3) is 3.23. The average molecular weight is 305 g/mol. The lowest BCUT2D eigenvalue weighted by atomic mass is 10.3. The zero-order valence-electron chi connectivity index (χ0n) is 8.88. The number of rotatable bonds is 2. The molecule has 5 heteroatoms. The molecule has 1 aromatic carbocycles. The molecule has 0 saturated heterocycles. The molecular weight excluding hydrogens is 297 g/mol. The van der Waals surface area contributed by atoms with Crippen molar-refractivity contribution >= 4 is 58.0 Å². The molecule has 0 aliphatic rings. The Morgan fingerprint density at radius 2 is 1.76 bits per heavy atom. The van der Waals surface area contributed by atoms with Gasteiger partial charge in [0.05, 0.1) is 20.8 Å². The van der Waals surface area contributed by atoms with Crippen molar-refractivity contribution < 1.29 is 0 Å². The molecule has 0 fully saturated rings. The number of benzene rings is 1. The summed E-state index contributed by atoms with van der Waals surface area (Å²) in [6.45, 7) is 2.05. The number of nitrogens with zero attached hydrogens (tertiary/aromatic N) is 1. The topological polar surface area (TPSA) is 12.4 Å². The maximum Gasteiger partial charge on any atom is 0.0832 e. The number of halogens is 3. The standard InChI is InChI=1S/C12H8Cl3NS/c1-7-2-3-8(17-7)6-16-12-5-10(14)9(13)4-11(12)15/h2-6H,1H3. The molecule has 1 aromatic heterocycles. The first kappa shape index (κ1) is 12.9. The van der Waals surface area contributed by atoms with E-state index in [2.05, 4.69) is 4.99 Å². The summed E-state index contributed by atoms with van der Waals surface area (Å²) in [7, 11) is 0. The summed E-state index contributed by atoms with van der Waals surface area (Å²) in [5, 5.41) is 1.37. The van der Waals surface area contributed by atoms with Crippen LogP contribution in [0.15, 0.2) is 29.3 Å². The number of thiophene rings is 1. The monoisotopic (exact) mass is 303 g/mol. The first-order valence-electron chi connectivity index (χ1n) is 4.81. The van der Waals surface area contributed by atoms with Crippen molar-refractivity contribution in [3.8, 4) is 0 Å². The Morgan fingerprint density at radius 3 is 2.41 bits per heavy atom. The Balaban J connectivity index is 2.30. The fourth-order valence-corrected chi connectivity index (χ4v) is 2.61. The molecule has 0 saturated carbocycles. The van der Waals surface area contributed by atoms with Gasteiger partial charge in [0.1, 0.15) is 0 Å². The van der Waals surface area contributed by atoms with Crippen LogP contribution in [0.5, 0.6) is 0 Å². The fourth-order valence-electron chi connectivity index (χ4n) is 1.27. The van der Waals surface area contributed by atoms with E-state index in [9.17, 15) is 0 Å². The molecule has 0 N–H and O–H groups in total. The summed E-state index contributed by atoms with van der Waals surface area (Å²) in [5.74, 6) is 0. The third-order valence-electron chi connectivity index (χ3n) is 2.08. The molecule has 0 radical (unpaired) electrons. The molecule has 2 rings (SSSR count). The Bertz CT molecular complexity index is 575. The molecule has 88 valence electrons. The van der Waals surface area contributed by atoms with Crippen LogP contribution >= 0.6 is 46.1 Å². The molecule has 0 aliphatic carbocycles. The molecule has 0 atom stereocenters. The van der Waals surface area contributed by atoms with Crippen molar-refractivity contribution in [1.82, 2.24) is 0 Å². The molecule has 0 unspecified atom stereocenters. The quantitative estimate of drug-likeness (QED) is 0.493. The molecule has 0 amide bonds. The maximum absolute atomic E-state index is 6.02. The van der Waals surface area contributed by atoms with Gasteiger partial charge in [-0.1, -0.05) is 34.8 Å². The normalized spacial score (nSPS) is 11.3.